The lowest BCUT2D eigenvalue weighted by Gasteiger charge is -2.61. The van der Waals surface area contributed by atoms with E-state index < -0.39 is 0 Å². The SMILES string of the molecule is CNC[C@@H]1CC[C@]2(C1)C[C@]1(C[C@@H]3[C@@H]4Cc5cc(O)cc(c5)Cc5ccccc5CN[C@@H](C)CSSC[C@H](C4)C[C@@H]3[C@]3(C=CC[C@@H](C)C3)C1)C[C@@H]2CNC. The van der Waals surface area contributed by atoms with E-state index in [1.807, 2.05) is 6.07 Å². The molecule has 4 nitrogen and oxygen atoms in total. The highest BCUT2D eigenvalue weighted by Gasteiger charge is 2.63. The van der Waals surface area contributed by atoms with Crippen LogP contribution < -0.4 is 16.0 Å². The van der Waals surface area contributed by atoms with Crippen LogP contribution in [-0.2, 0) is 19.4 Å². The van der Waals surface area contributed by atoms with Gasteiger partial charge in [0.2, 0.25) is 0 Å². The third kappa shape index (κ3) is 8.20. The molecule has 4 saturated carbocycles. The number of phenols is 1. The van der Waals surface area contributed by atoms with Gasteiger partial charge < -0.3 is 21.1 Å². The number of nitrogens with one attached hydrogen (secondary N) is 3. The summed E-state index contributed by atoms with van der Waals surface area (Å²) in [5, 5.41) is 22.3. The molecule has 1 heterocycles. The van der Waals surface area contributed by atoms with Crippen LogP contribution in [0.25, 0.3) is 0 Å². The second-order valence-corrected chi connectivity index (χ2v) is 22.2. The van der Waals surface area contributed by atoms with Gasteiger partial charge in [0.05, 0.1) is 0 Å². The molecule has 2 aromatic carbocycles. The number of rotatable bonds is 4. The lowest BCUT2D eigenvalue weighted by atomic mass is 9.44. The van der Waals surface area contributed by atoms with Crippen LogP contribution in [0.4, 0.5) is 0 Å². The Morgan fingerprint density at radius 1 is 0.887 bits per heavy atom. The van der Waals surface area contributed by atoms with Crippen molar-refractivity contribution < 1.29 is 5.11 Å². The second-order valence-electron chi connectivity index (χ2n) is 19.6. The number of allylic oxidation sites excluding steroid dienone is 2. The molecule has 11 atom stereocenters. The van der Waals surface area contributed by atoms with Gasteiger partial charge in [0, 0.05) is 24.1 Å². The molecular formula is C47H69N3OS2. The van der Waals surface area contributed by atoms with Crippen molar-refractivity contribution in [1.82, 2.24) is 16.0 Å². The average Bonchev–Trinajstić information content (AvgIpc) is 3.65. The Morgan fingerprint density at radius 3 is 2.53 bits per heavy atom. The molecule has 2 aromatic rings. The van der Waals surface area contributed by atoms with Crippen LogP contribution in [0, 0.1) is 57.7 Å². The van der Waals surface area contributed by atoms with Crippen LogP contribution in [-0.4, -0.2) is 49.8 Å². The van der Waals surface area contributed by atoms with Crippen LogP contribution in [0.2, 0.25) is 0 Å². The van der Waals surface area contributed by atoms with Crippen LogP contribution in [0.5, 0.6) is 5.75 Å². The van der Waals surface area contributed by atoms with Crippen molar-refractivity contribution in [3.63, 3.8) is 0 Å². The molecule has 3 spiro atoms. The minimum Gasteiger partial charge on any atom is -0.508 e. The van der Waals surface area contributed by atoms with E-state index in [9.17, 15) is 5.11 Å². The summed E-state index contributed by atoms with van der Waals surface area (Å²) < 4.78 is 0. The van der Waals surface area contributed by atoms with Crippen LogP contribution in [0.15, 0.2) is 54.6 Å². The molecule has 0 aromatic heterocycles. The highest BCUT2D eigenvalue weighted by molar-refractivity contribution is 8.76. The van der Waals surface area contributed by atoms with Crippen molar-refractivity contribution in [2.75, 3.05) is 38.7 Å². The first kappa shape index (κ1) is 38.4. The summed E-state index contributed by atoms with van der Waals surface area (Å²) in [6, 6.07) is 16.0. The Hall–Kier alpha value is -1.44. The molecule has 53 heavy (non-hydrogen) atoms. The zero-order valence-corrected chi connectivity index (χ0v) is 34.9. The Morgan fingerprint density at radius 2 is 1.70 bits per heavy atom. The van der Waals surface area contributed by atoms with Gasteiger partial charge in [-0.15, -0.1) is 0 Å². The van der Waals surface area contributed by atoms with Gasteiger partial charge in [-0.3, -0.25) is 0 Å². The fraction of sp³-hybridized carbons (Fsp3) is 0.702. The Kier molecular flexibility index (Phi) is 11.7. The molecule has 0 saturated heterocycles. The van der Waals surface area contributed by atoms with Gasteiger partial charge in [-0.05, 0) is 210 Å². The van der Waals surface area contributed by atoms with Gasteiger partial charge in [0.15, 0.2) is 0 Å². The molecule has 4 fully saturated rings. The standard InChI is InChI=1S/C47H69N3OS2/c1-32-8-7-12-47(21-32)31-45(23-41(27-49-4)46(30-45)13-11-34(22-46)25-48-3)24-43-40-16-36-14-35(18-42(51)19-36)15-38-9-5-6-10-39(38)26-50-33(2)28-52-53-29-37(17-40)20-44(43)47/h5-7,9-10,12,14,18-19,32-34,37,40-41,43-44,48-51H,8,11,13,15-17,20-31H2,1-4H3/t32-,33+,34-,37-,40-,41-,43-,44+,45-,46+,47+/m1/s1. The van der Waals surface area contributed by atoms with E-state index >= 15 is 0 Å². The molecule has 1 aliphatic heterocycles. The number of hydrogen-bond donors (Lipinski definition) is 4. The molecular weight excluding hydrogens is 687 g/mol. The van der Waals surface area contributed by atoms with Crippen LogP contribution in [0.3, 0.4) is 0 Å². The summed E-state index contributed by atoms with van der Waals surface area (Å²) in [5.41, 5.74) is 6.66. The Bertz CT molecular complexity index is 1600. The van der Waals surface area contributed by atoms with E-state index in [-0.39, 0.29) is 0 Å². The van der Waals surface area contributed by atoms with Gasteiger partial charge in [0.25, 0.3) is 0 Å². The van der Waals surface area contributed by atoms with Crippen molar-refractivity contribution >= 4 is 21.6 Å². The second kappa shape index (κ2) is 16.2. The average molecular weight is 756 g/mol. The van der Waals surface area contributed by atoms with E-state index in [0.29, 0.717) is 34.0 Å². The maximum Gasteiger partial charge on any atom is 0.116 e. The van der Waals surface area contributed by atoms with Gasteiger partial charge in [-0.1, -0.05) is 71.0 Å². The molecule has 6 heteroatoms. The number of aromatic hydroxyl groups is 1. The first-order valence-electron chi connectivity index (χ1n) is 21.5. The molecule has 8 rings (SSSR count). The fourth-order valence-corrected chi connectivity index (χ4v) is 16.6. The lowest BCUT2D eigenvalue weighted by molar-refractivity contribution is -0.0844. The van der Waals surface area contributed by atoms with E-state index in [1.165, 1.54) is 112 Å². The van der Waals surface area contributed by atoms with Gasteiger partial charge in [-0.2, -0.15) is 0 Å². The third-order valence-electron chi connectivity index (χ3n) is 15.5. The Balaban J connectivity index is 1.16. The van der Waals surface area contributed by atoms with Crippen molar-refractivity contribution in [3.8, 4) is 5.75 Å². The molecule has 290 valence electrons. The van der Waals surface area contributed by atoms with Gasteiger partial charge in [-0.25, -0.2) is 0 Å². The maximum absolute atomic E-state index is 11.2. The minimum atomic E-state index is 0.332. The quantitative estimate of drug-likeness (QED) is 0.184. The number of fused-ring (bicyclic) bond motifs is 8. The van der Waals surface area contributed by atoms with E-state index in [1.54, 1.807) is 0 Å². The van der Waals surface area contributed by atoms with E-state index in [4.69, 9.17) is 0 Å². The molecule has 4 bridgehead atoms. The zero-order chi connectivity index (χ0) is 36.6. The first-order chi connectivity index (χ1) is 25.7. The number of phenolic OH excluding ortho intramolecular Hbond substituents is 1. The molecule has 6 aliphatic rings. The molecule has 0 amide bonds. The molecule has 5 aliphatic carbocycles. The zero-order valence-electron chi connectivity index (χ0n) is 33.3. The summed E-state index contributed by atoms with van der Waals surface area (Å²) in [4.78, 5) is 0. The summed E-state index contributed by atoms with van der Waals surface area (Å²) >= 11 is 0. The summed E-state index contributed by atoms with van der Waals surface area (Å²) in [7, 11) is 8.62. The summed E-state index contributed by atoms with van der Waals surface area (Å²) in [6.45, 7) is 8.17. The smallest absolute Gasteiger partial charge is 0.116 e. The topological polar surface area (TPSA) is 56.3 Å². The number of hydrogen-bond acceptors (Lipinski definition) is 6. The van der Waals surface area contributed by atoms with Crippen molar-refractivity contribution in [2.45, 2.75) is 110 Å². The van der Waals surface area contributed by atoms with E-state index in [2.05, 4.69) is 114 Å². The molecule has 4 N–H and O–H groups in total. The summed E-state index contributed by atoms with van der Waals surface area (Å²) in [6.07, 6.45) is 22.9. The van der Waals surface area contributed by atoms with Crippen molar-refractivity contribution in [1.29, 1.82) is 0 Å². The van der Waals surface area contributed by atoms with Crippen molar-refractivity contribution in [3.05, 3.63) is 76.9 Å². The molecule has 0 unspecified atom stereocenters. The van der Waals surface area contributed by atoms with Crippen molar-refractivity contribution in [2.24, 2.45) is 57.7 Å². The van der Waals surface area contributed by atoms with Gasteiger partial charge >= 0.3 is 0 Å². The largest absolute Gasteiger partial charge is 0.508 e. The van der Waals surface area contributed by atoms with Crippen LogP contribution >= 0.6 is 21.6 Å². The monoisotopic (exact) mass is 755 g/mol. The van der Waals surface area contributed by atoms with E-state index in [0.717, 1.165) is 60.6 Å². The Labute approximate surface area is 330 Å². The normalized spacial score (nSPS) is 40.3. The number of benzene rings is 2. The molecule has 0 radical (unpaired) electrons. The van der Waals surface area contributed by atoms with Crippen LogP contribution in [0.1, 0.15) is 107 Å². The van der Waals surface area contributed by atoms with Gasteiger partial charge in [0.1, 0.15) is 5.75 Å². The lowest BCUT2D eigenvalue weighted by Crippen LogP contribution is -2.52. The first-order valence-corrected chi connectivity index (χ1v) is 24.0. The fourth-order valence-electron chi connectivity index (χ4n) is 13.9. The maximum atomic E-state index is 11.2. The predicted molar refractivity (Wildman–Crippen MR) is 227 cm³/mol. The third-order valence-corrected chi connectivity index (χ3v) is 18.3. The highest BCUT2D eigenvalue weighted by Crippen LogP contribution is 2.72. The minimum absolute atomic E-state index is 0.332. The highest BCUT2D eigenvalue weighted by atomic mass is 33.1. The summed E-state index contributed by atoms with van der Waals surface area (Å²) in [5.74, 6) is 8.22. The predicted octanol–water partition coefficient (Wildman–Crippen LogP) is 10.0.